The van der Waals surface area contributed by atoms with E-state index in [0.29, 0.717) is 0 Å². The van der Waals surface area contributed by atoms with Gasteiger partial charge in [0.25, 0.3) is 0 Å². The van der Waals surface area contributed by atoms with Gasteiger partial charge in [-0.25, -0.2) is 0 Å². The van der Waals surface area contributed by atoms with E-state index >= 15 is 0 Å². The Hall–Kier alpha value is -0.570. The average molecular weight is 267 g/mol. The van der Waals surface area contributed by atoms with Gasteiger partial charge in [0.2, 0.25) is 0 Å². The van der Waals surface area contributed by atoms with Crippen molar-refractivity contribution in [3.8, 4) is 0 Å². The van der Waals surface area contributed by atoms with Gasteiger partial charge in [0.05, 0.1) is 0 Å². The number of halogens is 1. The van der Waals surface area contributed by atoms with E-state index < -0.39 is 0 Å². The molecule has 2 unspecified atom stereocenters. The normalized spacial score (nSPS) is 22.3. The molecule has 18 heavy (non-hydrogen) atoms. The van der Waals surface area contributed by atoms with E-state index in [1.807, 2.05) is 24.3 Å². The van der Waals surface area contributed by atoms with E-state index in [2.05, 4.69) is 11.8 Å². The molecule has 1 heterocycles. The Kier molecular flexibility index (Phi) is 5.04. The zero-order valence-electron chi connectivity index (χ0n) is 11.1. The summed E-state index contributed by atoms with van der Waals surface area (Å²) in [7, 11) is 0. The molecule has 1 aliphatic rings. The van der Waals surface area contributed by atoms with Crippen LogP contribution in [0.15, 0.2) is 24.3 Å². The maximum atomic E-state index is 6.22. The van der Waals surface area contributed by atoms with Crippen molar-refractivity contribution in [1.29, 1.82) is 0 Å². The van der Waals surface area contributed by atoms with E-state index in [1.54, 1.807) is 0 Å². The number of hydrogen-bond donors (Lipinski definition) is 1. The second-order valence-corrected chi connectivity index (χ2v) is 5.75. The number of benzene rings is 1. The van der Waals surface area contributed by atoms with Gasteiger partial charge in [-0.05, 0) is 49.5 Å². The van der Waals surface area contributed by atoms with E-state index in [-0.39, 0.29) is 6.04 Å². The van der Waals surface area contributed by atoms with E-state index in [4.69, 9.17) is 17.3 Å². The Morgan fingerprint density at radius 3 is 2.72 bits per heavy atom. The summed E-state index contributed by atoms with van der Waals surface area (Å²) < 4.78 is 0. The first-order valence-corrected chi connectivity index (χ1v) is 7.30. The quantitative estimate of drug-likeness (QED) is 0.884. The van der Waals surface area contributed by atoms with Gasteiger partial charge < -0.3 is 10.6 Å². The lowest BCUT2D eigenvalue weighted by atomic mass is 10.0. The smallest absolute Gasteiger partial charge is 0.0406 e. The molecule has 0 aromatic heterocycles. The highest BCUT2D eigenvalue weighted by Gasteiger charge is 2.21. The molecule has 1 saturated heterocycles. The van der Waals surface area contributed by atoms with Gasteiger partial charge in [0.1, 0.15) is 0 Å². The molecule has 2 rings (SSSR count). The Balaban J connectivity index is 1.78. The van der Waals surface area contributed by atoms with Crippen molar-refractivity contribution in [2.45, 2.75) is 32.2 Å². The molecule has 0 spiro atoms. The third kappa shape index (κ3) is 3.71. The Morgan fingerprint density at radius 1 is 1.39 bits per heavy atom. The van der Waals surface area contributed by atoms with Crippen LogP contribution in [-0.4, -0.2) is 24.5 Å². The van der Waals surface area contributed by atoms with Crippen molar-refractivity contribution in [3.63, 3.8) is 0 Å². The summed E-state index contributed by atoms with van der Waals surface area (Å²) in [5.41, 5.74) is 7.41. The fourth-order valence-corrected chi connectivity index (χ4v) is 2.77. The SMILES string of the molecule is CCC1CCN(CCC(N)c2ccc(Cl)cc2)C1. The van der Waals surface area contributed by atoms with Crippen molar-refractivity contribution in [2.75, 3.05) is 19.6 Å². The molecule has 0 radical (unpaired) electrons. The van der Waals surface area contributed by atoms with Gasteiger partial charge in [0.15, 0.2) is 0 Å². The van der Waals surface area contributed by atoms with E-state index in [0.717, 1.165) is 23.9 Å². The molecule has 3 heteroatoms. The minimum Gasteiger partial charge on any atom is -0.324 e. The second kappa shape index (κ2) is 6.55. The van der Waals surface area contributed by atoms with Crippen molar-refractivity contribution in [2.24, 2.45) is 11.7 Å². The van der Waals surface area contributed by atoms with Crippen LogP contribution in [0.1, 0.15) is 37.8 Å². The minimum atomic E-state index is 0.128. The molecule has 1 aromatic carbocycles. The summed E-state index contributed by atoms with van der Waals surface area (Å²) in [6, 6.07) is 8.03. The third-order valence-electron chi connectivity index (χ3n) is 4.00. The first-order chi connectivity index (χ1) is 8.69. The van der Waals surface area contributed by atoms with Gasteiger partial charge in [0, 0.05) is 17.6 Å². The van der Waals surface area contributed by atoms with Crippen LogP contribution >= 0.6 is 11.6 Å². The molecule has 2 atom stereocenters. The van der Waals surface area contributed by atoms with E-state index in [9.17, 15) is 0 Å². The molecule has 2 N–H and O–H groups in total. The molecular formula is C15H23ClN2. The molecule has 1 fully saturated rings. The zero-order chi connectivity index (χ0) is 13.0. The molecule has 0 saturated carbocycles. The fourth-order valence-electron chi connectivity index (χ4n) is 2.65. The number of nitrogens with zero attached hydrogens (tertiary/aromatic N) is 1. The van der Waals surface area contributed by atoms with Crippen molar-refractivity contribution in [1.82, 2.24) is 4.90 Å². The van der Waals surface area contributed by atoms with Gasteiger partial charge in [-0.15, -0.1) is 0 Å². The predicted molar refractivity (Wildman–Crippen MR) is 77.8 cm³/mol. The summed E-state index contributed by atoms with van der Waals surface area (Å²) in [6.45, 7) is 5.89. The van der Waals surface area contributed by atoms with Crippen LogP contribution < -0.4 is 5.73 Å². The van der Waals surface area contributed by atoms with Crippen LogP contribution in [0.2, 0.25) is 5.02 Å². The monoisotopic (exact) mass is 266 g/mol. The highest BCUT2D eigenvalue weighted by atomic mass is 35.5. The summed E-state index contributed by atoms with van der Waals surface area (Å²) in [5, 5.41) is 0.774. The van der Waals surface area contributed by atoms with Crippen LogP contribution in [-0.2, 0) is 0 Å². The highest BCUT2D eigenvalue weighted by Crippen LogP contribution is 2.22. The van der Waals surface area contributed by atoms with Crippen molar-refractivity contribution >= 4 is 11.6 Å². The Bertz CT molecular complexity index is 363. The average Bonchev–Trinajstić information content (AvgIpc) is 2.85. The Labute approximate surface area is 115 Å². The van der Waals surface area contributed by atoms with Crippen LogP contribution in [0.3, 0.4) is 0 Å². The summed E-state index contributed by atoms with van der Waals surface area (Å²) >= 11 is 5.88. The molecule has 0 amide bonds. The predicted octanol–water partition coefficient (Wildman–Crippen LogP) is 3.46. The van der Waals surface area contributed by atoms with E-state index in [1.165, 1.54) is 31.5 Å². The summed E-state index contributed by atoms with van der Waals surface area (Å²) in [5.74, 6) is 0.900. The lowest BCUT2D eigenvalue weighted by Crippen LogP contribution is -2.25. The highest BCUT2D eigenvalue weighted by molar-refractivity contribution is 6.30. The van der Waals surface area contributed by atoms with Crippen LogP contribution in [0.5, 0.6) is 0 Å². The third-order valence-corrected chi connectivity index (χ3v) is 4.25. The van der Waals surface area contributed by atoms with Gasteiger partial charge in [-0.2, -0.15) is 0 Å². The lowest BCUT2D eigenvalue weighted by Gasteiger charge is -2.19. The maximum absolute atomic E-state index is 6.22. The van der Waals surface area contributed by atoms with Crippen LogP contribution in [0.4, 0.5) is 0 Å². The molecule has 0 aliphatic carbocycles. The van der Waals surface area contributed by atoms with Crippen molar-refractivity contribution in [3.05, 3.63) is 34.9 Å². The standard InChI is InChI=1S/C15H23ClN2/c1-2-12-7-9-18(11-12)10-8-15(17)13-3-5-14(16)6-4-13/h3-6,12,15H,2,7-11,17H2,1H3. The molecule has 0 bridgehead atoms. The maximum Gasteiger partial charge on any atom is 0.0406 e. The molecule has 1 aliphatic heterocycles. The fraction of sp³-hybridized carbons (Fsp3) is 0.600. The lowest BCUT2D eigenvalue weighted by molar-refractivity contribution is 0.308. The topological polar surface area (TPSA) is 29.3 Å². The first-order valence-electron chi connectivity index (χ1n) is 6.92. The number of nitrogens with two attached hydrogens (primary N) is 1. The largest absolute Gasteiger partial charge is 0.324 e. The second-order valence-electron chi connectivity index (χ2n) is 5.31. The van der Waals surface area contributed by atoms with Gasteiger partial charge >= 0.3 is 0 Å². The number of likely N-dealkylation sites (tertiary alicyclic amines) is 1. The van der Waals surface area contributed by atoms with Gasteiger partial charge in [-0.3, -0.25) is 0 Å². The van der Waals surface area contributed by atoms with Crippen molar-refractivity contribution < 1.29 is 0 Å². The van der Waals surface area contributed by atoms with Crippen LogP contribution in [0, 0.1) is 5.92 Å². The Morgan fingerprint density at radius 2 is 2.11 bits per heavy atom. The molecule has 2 nitrogen and oxygen atoms in total. The number of hydrogen-bond acceptors (Lipinski definition) is 2. The van der Waals surface area contributed by atoms with Gasteiger partial charge in [-0.1, -0.05) is 37.1 Å². The summed E-state index contributed by atoms with van der Waals surface area (Å²) in [6.07, 6.45) is 3.69. The summed E-state index contributed by atoms with van der Waals surface area (Å²) in [4.78, 5) is 2.55. The number of rotatable bonds is 5. The molecule has 1 aromatic rings. The minimum absolute atomic E-state index is 0.128. The first kappa shape index (κ1) is 13.9. The molecule has 100 valence electrons. The zero-order valence-corrected chi connectivity index (χ0v) is 11.9. The molecular weight excluding hydrogens is 244 g/mol. The van der Waals surface area contributed by atoms with Crippen LogP contribution in [0.25, 0.3) is 0 Å².